The summed E-state index contributed by atoms with van der Waals surface area (Å²) in [6.45, 7) is 1.92. The van der Waals surface area contributed by atoms with Crippen LogP contribution in [-0.2, 0) is 4.79 Å². The molecule has 1 aliphatic rings. The van der Waals surface area contributed by atoms with Crippen LogP contribution >= 0.6 is 15.9 Å². The van der Waals surface area contributed by atoms with E-state index in [-0.39, 0.29) is 10.4 Å². The summed E-state index contributed by atoms with van der Waals surface area (Å²) in [5.74, 6) is -2.13. The normalized spacial score (nSPS) is 25.3. The monoisotopic (exact) mass is 328 g/mol. The zero-order chi connectivity index (χ0) is 14.2. The average Bonchev–Trinajstić information content (AvgIpc) is 2.29. The zero-order valence-corrected chi connectivity index (χ0v) is 11.7. The summed E-state index contributed by atoms with van der Waals surface area (Å²) in [5.41, 5.74) is -1.67. The molecule has 0 aromatic heterocycles. The molecule has 1 aromatic rings. The average molecular weight is 329 g/mol. The van der Waals surface area contributed by atoms with Gasteiger partial charge in [0.1, 0.15) is 11.1 Å². The third kappa shape index (κ3) is 2.47. The molecule has 1 fully saturated rings. The van der Waals surface area contributed by atoms with E-state index in [1.165, 1.54) is 0 Å². The molecule has 1 amide bonds. The first kappa shape index (κ1) is 13.9. The Kier molecular flexibility index (Phi) is 3.59. The topological polar surface area (TPSA) is 52.9 Å². The Bertz CT molecular complexity index is 553. The molecule has 0 radical (unpaired) electrons. The highest BCUT2D eigenvalue weighted by atomic mass is 79.9. The number of halogens is 3. The summed E-state index contributed by atoms with van der Waals surface area (Å²) in [6, 6.07) is 4.06. The summed E-state index contributed by atoms with van der Waals surface area (Å²) >= 11 is 2.95. The third-order valence-corrected chi connectivity index (χ3v) is 3.75. The Hall–Kier alpha value is -1.48. The predicted octanol–water partition coefficient (Wildman–Crippen LogP) is 3.61. The fourth-order valence-corrected chi connectivity index (χ4v) is 2.75. The van der Waals surface area contributed by atoms with Gasteiger partial charge in [0.05, 0.1) is 6.07 Å². The van der Waals surface area contributed by atoms with Crippen LogP contribution in [0.25, 0.3) is 0 Å². The molecule has 1 N–H and O–H groups in total. The number of rotatable bonds is 2. The second-order valence-corrected chi connectivity index (χ2v) is 5.82. The fraction of sp³-hybridized carbons (Fsp3) is 0.385. The van der Waals surface area contributed by atoms with E-state index in [0.717, 1.165) is 12.1 Å². The molecular formula is C13H11BrF2N2O. The maximum Gasteiger partial charge on any atom is 0.245 e. The Balaban J connectivity index is 2.23. The highest BCUT2D eigenvalue weighted by Gasteiger charge is 2.49. The fourth-order valence-electron chi connectivity index (χ4n) is 2.35. The van der Waals surface area contributed by atoms with Gasteiger partial charge < -0.3 is 5.32 Å². The lowest BCUT2D eigenvalue weighted by Crippen LogP contribution is -2.45. The van der Waals surface area contributed by atoms with Crippen molar-refractivity contribution in [3.63, 3.8) is 0 Å². The molecule has 0 heterocycles. The minimum absolute atomic E-state index is 0.243. The molecule has 1 aliphatic carbocycles. The van der Waals surface area contributed by atoms with Gasteiger partial charge in [0.2, 0.25) is 5.91 Å². The van der Waals surface area contributed by atoms with Crippen LogP contribution < -0.4 is 5.32 Å². The summed E-state index contributed by atoms with van der Waals surface area (Å²) in [5, 5.41) is 11.3. The van der Waals surface area contributed by atoms with Crippen LogP contribution in [-0.4, -0.2) is 5.91 Å². The van der Waals surface area contributed by atoms with Crippen molar-refractivity contribution in [2.75, 3.05) is 5.32 Å². The van der Waals surface area contributed by atoms with Crippen molar-refractivity contribution in [1.82, 2.24) is 0 Å². The van der Waals surface area contributed by atoms with Crippen molar-refractivity contribution in [3.05, 3.63) is 28.2 Å². The lowest BCUT2D eigenvalue weighted by Gasteiger charge is -2.39. The van der Waals surface area contributed by atoms with E-state index in [2.05, 4.69) is 21.2 Å². The Morgan fingerprint density at radius 3 is 2.42 bits per heavy atom. The van der Waals surface area contributed by atoms with Gasteiger partial charge in [0.25, 0.3) is 0 Å². The number of nitrogens with one attached hydrogen (secondary N) is 1. The number of benzene rings is 1. The minimum Gasteiger partial charge on any atom is -0.320 e. The van der Waals surface area contributed by atoms with Crippen molar-refractivity contribution in [2.24, 2.45) is 11.3 Å². The van der Waals surface area contributed by atoms with Gasteiger partial charge in [-0.2, -0.15) is 5.26 Å². The Labute approximate surface area is 117 Å². The quantitative estimate of drug-likeness (QED) is 0.901. The summed E-state index contributed by atoms with van der Waals surface area (Å²) < 4.78 is 27.4. The lowest BCUT2D eigenvalue weighted by atomic mass is 9.63. The van der Waals surface area contributed by atoms with Gasteiger partial charge in [0, 0.05) is 4.47 Å². The molecule has 0 unspecified atom stereocenters. The molecule has 0 bridgehead atoms. The second-order valence-electron chi connectivity index (χ2n) is 4.91. The number of amides is 1. The number of anilines is 1. The van der Waals surface area contributed by atoms with Crippen LogP contribution in [0.2, 0.25) is 0 Å². The smallest absolute Gasteiger partial charge is 0.245 e. The van der Waals surface area contributed by atoms with Crippen molar-refractivity contribution in [2.45, 2.75) is 19.8 Å². The highest BCUT2D eigenvalue weighted by molar-refractivity contribution is 9.10. The van der Waals surface area contributed by atoms with Crippen molar-refractivity contribution >= 4 is 27.5 Å². The van der Waals surface area contributed by atoms with Gasteiger partial charge >= 0.3 is 0 Å². The Morgan fingerprint density at radius 1 is 1.47 bits per heavy atom. The van der Waals surface area contributed by atoms with Crippen LogP contribution in [0.1, 0.15) is 19.8 Å². The summed E-state index contributed by atoms with van der Waals surface area (Å²) in [7, 11) is 0. The number of hydrogen-bond acceptors (Lipinski definition) is 2. The van der Waals surface area contributed by atoms with E-state index in [9.17, 15) is 13.6 Å². The molecule has 19 heavy (non-hydrogen) atoms. The molecule has 1 aromatic carbocycles. The zero-order valence-electron chi connectivity index (χ0n) is 10.1. The first-order valence-corrected chi connectivity index (χ1v) is 6.54. The SMILES string of the molecule is CC1CC(C#N)(C(=O)Nc2c(F)cc(Br)cc2F)C1. The van der Waals surface area contributed by atoms with Crippen LogP contribution in [0, 0.1) is 34.3 Å². The number of hydrogen-bond donors (Lipinski definition) is 1. The summed E-state index contributed by atoms with van der Waals surface area (Å²) in [4.78, 5) is 12.0. The molecule has 3 nitrogen and oxygen atoms in total. The van der Waals surface area contributed by atoms with Gasteiger partial charge in [-0.25, -0.2) is 8.78 Å². The first-order chi connectivity index (χ1) is 8.88. The predicted molar refractivity (Wildman–Crippen MR) is 69.1 cm³/mol. The van der Waals surface area contributed by atoms with Crippen molar-refractivity contribution in [3.8, 4) is 6.07 Å². The van der Waals surface area contributed by atoms with Gasteiger partial charge in [-0.15, -0.1) is 0 Å². The van der Waals surface area contributed by atoms with Crippen LogP contribution in [0.5, 0.6) is 0 Å². The highest BCUT2D eigenvalue weighted by Crippen LogP contribution is 2.45. The maximum atomic E-state index is 13.6. The van der Waals surface area contributed by atoms with E-state index >= 15 is 0 Å². The number of nitriles is 1. The minimum atomic E-state index is -1.16. The molecule has 6 heteroatoms. The van der Waals surface area contributed by atoms with Crippen molar-refractivity contribution in [1.29, 1.82) is 5.26 Å². The van der Waals surface area contributed by atoms with Crippen LogP contribution in [0.3, 0.4) is 0 Å². The number of carbonyl (C=O) groups excluding carboxylic acids is 1. The van der Waals surface area contributed by atoms with E-state index in [1.54, 1.807) is 0 Å². The van der Waals surface area contributed by atoms with Crippen LogP contribution in [0.4, 0.5) is 14.5 Å². The molecule has 0 atom stereocenters. The summed E-state index contributed by atoms with van der Waals surface area (Å²) in [6.07, 6.45) is 0.824. The van der Waals surface area contributed by atoms with Crippen molar-refractivity contribution < 1.29 is 13.6 Å². The molecule has 0 spiro atoms. The van der Waals surface area contributed by atoms with Gasteiger partial charge in [-0.1, -0.05) is 22.9 Å². The molecular weight excluding hydrogens is 318 g/mol. The number of nitrogens with zero attached hydrogens (tertiary/aromatic N) is 1. The molecule has 100 valence electrons. The van der Waals surface area contributed by atoms with E-state index in [1.807, 2.05) is 13.0 Å². The van der Waals surface area contributed by atoms with Crippen LogP contribution in [0.15, 0.2) is 16.6 Å². The van der Waals surface area contributed by atoms with Gasteiger partial charge in [-0.05, 0) is 30.9 Å². The first-order valence-electron chi connectivity index (χ1n) is 5.75. The van der Waals surface area contributed by atoms with Gasteiger partial charge in [0.15, 0.2) is 11.6 Å². The van der Waals surface area contributed by atoms with E-state index in [0.29, 0.717) is 12.8 Å². The van der Waals surface area contributed by atoms with Gasteiger partial charge in [-0.3, -0.25) is 4.79 Å². The molecule has 1 saturated carbocycles. The second kappa shape index (κ2) is 4.89. The lowest BCUT2D eigenvalue weighted by molar-refractivity contribution is -0.128. The standard InChI is InChI=1S/C13H11BrF2N2O/c1-7-4-13(5-7,6-17)12(19)18-11-9(15)2-8(14)3-10(11)16/h2-3,7H,4-5H2,1H3,(H,18,19). The number of carbonyl (C=O) groups is 1. The Morgan fingerprint density at radius 2 is 2.00 bits per heavy atom. The maximum absolute atomic E-state index is 13.6. The molecule has 0 saturated heterocycles. The largest absolute Gasteiger partial charge is 0.320 e. The van der Waals surface area contributed by atoms with E-state index < -0.39 is 28.6 Å². The van der Waals surface area contributed by atoms with E-state index in [4.69, 9.17) is 5.26 Å². The molecule has 0 aliphatic heterocycles. The third-order valence-electron chi connectivity index (χ3n) is 3.29. The molecule has 2 rings (SSSR count).